The van der Waals surface area contributed by atoms with Gasteiger partial charge in [0.15, 0.2) is 0 Å². The van der Waals surface area contributed by atoms with Crippen LogP contribution in [-0.2, 0) is 4.74 Å². The van der Waals surface area contributed by atoms with E-state index >= 15 is 0 Å². The lowest BCUT2D eigenvalue weighted by Gasteiger charge is -2.11. The zero-order valence-electron chi connectivity index (χ0n) is 13.4. The molecule has 4 rings (SSSR count). The van der Waals surface area contributed by atoms with E-state index in [1.807, 2.05) is 0 Å². The zero-order valence-corrected chi connectivity index (χ0v) is 13.4. The molecule has 1 saturated heterocycles. The smallest absolute Gasteiger partial charge is 0.414 e. The molecule has 1 unspecified atom stereocenters. The summed E-state index contributed by atoms with van der Waals surface area (Å²) >= 11 is 0. The van der Waals surface area contributed by atoms with Crippen LogP contribution in [0.15, 0.2) is 48.5 Å². The number of halogens is 1. The highest BCUT2D eigenvalue weighted by Gasteiger charge is 2.29. The number of cyclic esters (lactones) is 1. The van der Waals surface area contributed by atoms with Crippen LogP contribution >= 0.6 is 0 Å². The average Bonchev–Trinajstić information content (AvgIpc) is 3.07. The molecule has 0 radical (unpaired) electrons. The Morgan fingerprint density at radius 2 is 1.68 bits per heavy atom. The van der Waals surface area contributed by atoms with Crippen molar-refractivity contribution in [1.29, 1.82) is 0 Å². The molecule has 3 amide bonds. The molecule has 0 aliphatic carbocycles. The van der Waals surface area contributed by atoms with Gasteiger partial charge in [-0.25, -0.2) is 9.18 Å². The van der Waals surface area contributed by atoms with Crippen molar-refractivity contribution >= 4 is 23.6 Å². The maximum absolute atomic E-state index is 12.9. The number of ether oxygens (including phenoxy) is 1. The molecule has 0 bridgehead atoms. The monoisotopic (exact) mass is 342 g/mol. The van der Waals surface area contributed by atoms with Crippen LogP contribution in [0.2, 0.25) is 0 Å². The summed E-state index contributed by atoms with van der Waals surface area (Å²) in [4.78, 5) is 34.6. The second kappa shape index (κ2) is 6.72. The first-order valence-electron chi connectivity index (χ1n) is 7.64. The Labute approximate surface area is 143 Å². The number of fused-ring (bicyclic) bond motifs is 1. The molecule has 7 heteroatoms. The summed E-state index contributed by atoms with van der Waals surface area (Å²) in [6.07, 6.45) is -0.547. The van der Waals surface area contributed by atoms with Crippen LogP contribution in [0.4, 0.5) is 14.9 Å². The van der Waals surface area contributed by atoms with E-state index in [4.69, 9.17) is 4.74 Å². The number of rotatable bonds is 1. The lowest BCUT2D eigenvalue weighted by atomic mass is 10.1. The van der Waals surface area contributed by atoms with Gasteiger partial charge >= 0.3 is 6.09 Å². The van der Waals surface area contributed by atoms with Crippen molar-refractivity contribution in [3.8, 4) is 0 Å². The van der Waals surface area contributed by atoms with Crippen LogP contribution < -0.4 is 10.2 Å². The molecule has 0 spiro atoms. The number of carbonyl (C=O) groups is 3. The van der Waals surface area contributed by atoms with E-state index in [0.717, 1.165) is 0 Å². The van der Waals surface area contributed by atoms with Crippen LogP contribution in [0, 0.1) is 5.82 Å². The Kier molecular flexibility index (Phi) is 4.47. The Morgan fingerprint density at radius 1 is 1.04 bits per heavy atom. The molecule has 2 aliphatic heterocycles. The standard InChI is InChI=1S/C10H10FNO2.C8H5NO2/c1-7-6-12(10(13)14-7)9-4-2-3-8(11)5-9;10-7-5-3-1-2-4-6(5)8(11)9-7/h2-5,7H,6H2,1H3;1-4H,(H,9,10,11). The maximum Gasteiger partial charge on any atom is 0.414 e. The summed E-state index contributed by atoms with van der Waals surface area (Å²) in [6, 6.07) is 12.6. The molecule has 2 aliphatic rings. The Morgan fingerprint density at radius 3 is 2.20 bits per heavy atom. The lowest BCUT2D eigenvalue weighted by molar-refractivity contribution is 0.0879. The van der Waals surface area contributed by atoms with E-state index in [1.165, 1.54) is 17.0 Å². The fourth-order valence-corrected chi connectivity index (χ4v) is 2.58. The predicted molar refractivity (Wildman–Crippen MR) is 87.9 cm³/mol. The maximum atomic E-state index is 12.9. The highest BCUT2D eigenvalue weighted by Crippen LogP contribution is 2.21. The van der Waals surface area contributed by atoms with Crippen molar-refractivity contribution in [1.82, 2.24) is 5.32 Å². The van der Waals surface area contributed by atoms with Crippen molar-refractivity contribution in [2.24, 2.45) is 0 Å². The lowest BCUT2D eigenvalue weighted by Crippen LogP contribution is -2.23. The normalized spacial score (nSPS) is 18.2. The van der Waals surface area contributed by atoms with Gasteiger partial charge in [-0.05, 0) is 37.3 Å². The van der Waals surface area contributed by atoms with Gasteiger partial charge in [0.1, 0.15) is 11.9 Å². The molecule has 0 saturated carbocycles. The van der Waals surface area contributed by atoms with Gasteiger partial charge in [-0.15, -0.1) is 0 Å². The third-order valence-corrected chi connectivity index (χ3v) is 3.73. The van der Waals surface area contributed by atoms with Crippen molar-refractivity contribution < 1.29 is 23.5 Å². The molecule has 128 valence electrons. The van der Waals surface area contributed by atoms with Crippen LogP contribution in [0.5, 0.6) is 0 Å². The quantitative estimate of drug-likeness (QED) is 0.809. The first-order chi connectivity index (χ1) is 12.0. The van der Waals surface area contributed by atoms with Gasteiger partial charge in [-0.3, -0.25) is 19.8 Å². The molecule has 1 fully saturated rings. The molecule has 1 N–H and O–H groups in total. The highest BCUT2D eigenvalue weighted by atomic mass is 19.1. The van der Waals surface area contributed by atoms with Gasteiger partial charge in [0, 0.05) is 0 Å². The Balaban J connectivity index is 0.000000150. The minimum atomic E-state index is -0.414. The third kappa shape index (κ3) is 3.50. The summed E-state index contributed by atoms with van der Waals surface area (Å²) in [6.45, 7) is 2.28. The molecule has 25 heavy (non-hydrogen) atoms. The first-order valence-corrected chi connectivity index (χ1v) is 7.64. The number of carbonyl (C=O) groups excluding carboxylic acids is 3. The SMILES string of the molecule is CC1CN(c2cccc(F)c2)C(=O)O1.O=C1NC(=O)c2ccccc21. The fourth-order valence-electron chi connectivity index (χ4n) is 2.58. The van der Waals surface area contributed by atoms with Gasteiger partial charge in [-0.2, -0.15) is 0 Å². The number of hydrogen-bond acceptors (Lipinski definition) is 4. The number of anilines is 1. The first kappa shape index (κ1) is 16.6. The van der Waals surface area contributed by atoms with E-state index in [-0.39, 0.29) is 23.7 Å². The van der Waals surface area contributed by atoms with Crippen molar-refractivity contribution in [3.05, 3.63) is 65.5 Å². The van der Waals surface area contributed by atoms with Crippen LogP contribution in [0.1, 0.15) is 27.6 Å². The zero-order chi connectivity index (χ0) is 18.0. The molecule has 6 nitrogen and oxygen atoms in total. The third-order valence-electron chi connectivity index (χ3n) is 3.73. The predicted octanol–water partition coefficient (Wildman–Crippen LogP) is 2.74. The summed E-state index contributed by atoms with van der Waals surface area (Å²) < 4.78 is 17.8. The largest absolute Gasteiger partial charge is 0.444 e. The van der Waals surface area contributed by atoms with Crippen LogP contribution in [-0.4, -0.2) is 30.6 Å². The number of benzene rings is 2. The fraction of sp³-hybridized carbons (Fsp3) is 0.167. The van der Waals surface area contributed by atoms with Crippen molar-refractivity contribution in [2.45, 2.75) is 13.0 Å². The van der Waals surface area contributed by atoms with Crippen LogP contribution in [0.25, 0.3) is 0 Å². The molecule has 2 heterocycles. The number of hydrogen-bond donors (Lipinski definition) is 1. The van der Waals surface area contributed by atoms with E-state index in [0.29, 0.717) is 23.4 Å². The second-order valence-electron chi connectivity index (χ2n) is 5.61. The van der Waals surface area contributed by atoms with E-state index in [1.54, 1.807) is 43.3 Å². The van der Waals surface area contributed by atoms with Crippen molar-refractivity contribution in [2.75, 3.05) is 11.4 Å². The molecular formula is C18H15FN2O4. The van der Waals surface area contributed by atoms with Gasteiger partial charge in [-0.1, -0.05) is 18.2 Å². The van der Waals surface area contributed by atoms with Crippen molar-refractivity contribution in [3.63, 3.8) is 0 Å². The molecular weight excluding hydrogens is 327 g/mol. The summed E-state index contributed by atoms with van der Waals surface area (Å²) in [5.41, 5.74) is 1.48. The topological polar surface area (TPSA) is 75.7 Å². The van der Waals surface area contributed by atoms with Gasteiger partial charge < -0.3 is 4.74 Å². The minimum absolute atomic E-state index is 0.134. The molecule has 2 aromatic carbocycles. The second-order valence-corrected chi connectivity index (χ2v) is 5.61. The number of imide groups is 1. The molecule has 2 aromatic rings. The van der Waals surface area contributed by atoms with Gasteiger partial charge in [0.25, 0.3) is 11.8 Å². The number of nitrogens with zero attached hydrogens (tertiary/aromatic N) is 1. The molecule has 1 atom stereocenters. The number of amides is 3. The number of nitrogens with one attached hydrogen (secondary N) is 1. The molecule has 0 aromatic heterocycles. The van der Waals surface area contributed by atoms with E-state index in [9.17, 15) is 18.8 Å². The van der Waals surface area contributed by atoms with E-state index in [2.05, 4.69) is 5.32 Å². The summed E-state index contributed by atoms with van der Waals surface area (Å²) in [7, 11) is 0. The van der Waals surface area contributed by atoms with Gasteiger partial charge in [0.2, 0.25) is 0 Å². The van der Waals surface area contributed by atoms with E-state index < -0.39 is 6.09 Å². The summed E-state index contributed by atoms with van der Waals surface area (Å²) in [5, 5.41) is 2.20. The Bertz CT molecular complexity index is 819. The Hall–Kier alpha value is -3.22. The summed E-state index contributed by atoms with van der Waals surface area (Å²) in [5.74, 6) is -0.953. The minimum Gasteiger partial charge on any atom is -0.444 e. The van der Waals surface area contributed by atoms with Crippen LogP contribution in [0.3, 0.4) is 0 Å². The average molecular weight is 342 g/mol. The highest BCUT2D eigenvalue weighted by molar-refractivity contribution is 6.21. The van der Waals surface area contributed by atoms with Gasteiger partial charge in [0.05, 0.1) is 23.4 Å².